The summed E-state index contributed by atoms with van der Waals surface area (Å²) >= 11 is 7.34. The van der Waals surface area contributed by atoms with Crippen molar-refractivity contribution in [2.45, 2.75) is 17.4 Å². The Morgan fingerprint density at radius 2 is 2.00 bits per heavy atom. The average Bonchev–Trinajstić information content (AvgIpc) is 2.77. The molecular formula is C11H13ClN3OS+. The summed E-state index contributed by atoms with van der Waals surface area (Å²) in [5, 5.41) is 9.24. The van der Waals surface area contributed by atoms with Gasteiger partial charge in [0.25, 0.3) is 5.22 Å². The maximum atomic E-state index is 5.81. The monoisotopic (exact) mass is 270 g/mol. The van der Waals surface area contributed by atoms with E-state index >= 15 is 0 Å². The van der Waals surface area contributed by atoms with Crippen molar-refractivity contribution in [3.63, 3.8) is 0 Å². The van der Waals surface area contributed by atoms with E-state index in [4.69, 9.17) is 16.0 Å². The maximum Gasteiger partial charge on any atom is 0.276 e. The van der Waals surface area contributed by atoms with Crippen LogP contribution in [-0.4, -0.2) is 16.7 Å². The number of nitrogens with zero attached hydrogens (tertiary/aromatic N) is 2. The van der Waals surface area contributed by atoms with Crippen molar-refractivity contribution in [2.75, 3.05) is 6.54 Å². The van der Waals surface area contributed by atoms with Crippen LogP contribution in [0, 0.1) is 0 Å². The van der Waals surface area contributed by atoms with Crippen LogP contribution in [0.5, 0.6) is 0 Å². The van der Waals surface area contributed by atoms with Crippen molar-refractivity contribution in [2.24, 2.45) is 0 Å². The van der Waals surface area contributed by atoms with E-state index in [1.807, 2.05) is 24.3 Å². The number of thioether (sulfide) groups is 1. The summed E-state index contributed by atoms with van der Waals surface area (Å²) in [6.07, 6.45) is 0.731. The minimum Gasteiger partial charge on any atom is -0.416 e. The summed E-state index contributed by atoms with van der Waals surface area (Å²) in [4.78, 5) is 0. The smallest absolute Gasteiger partial charge is 0.276 e. The molecule has 0 saturated carbocycles. The molecule has 90 valence electrons. The highest BCUT2D eigenvalue weighted by Crippen LogP contribution is 2.22. The molecule has 2 rings (SSSR count). The van der Waals surface area contributed by atoms with E-state index in [0.717, 1.165) is 23.7 Å². The fourth-order valence-electron chi connectivity index (χ4n) is 1.27. The zero-order valence-electron chi connectivity index (χ0n) is 9.23. The zero-order valence-corrected chi connectivity index (χ0v) is 10.8. The predicted octanol–water partition coefficient (Wildman–Crippen LogP) is 1.80. The van der Waals surface area contributed by atoms with Gasteiger partial charge >= 0.3 is 0 Å². The molecule has 3 N–H and O–H groups in total. The van der Waals surface area contributed by atoms with Crippen molar-refractivity contribution >= 4 is 23.4 Å². The van der Waals surface area contributed by atoms with Gasteiger partial charge in [-0.05, 0) is 17.7 Å². The Hall–Kier alpha value is -1.04. The van der Waals surface area contributed by atoms with Crippen molar-refractivity contribution < 1.29 is 10.2 Å². The topological polar surface area (TPSA) is 66.6 Å². The fourth-order valence-corrected chi connectivity index (χ4v) is 2.14. The molecule has 0 bridgehead atoms. The minimum atomic E-state index is 0.600. The number of quaternary nitrogens is 1. The van der Waals surface area contributed by atoms with E-state index in [-0.39, 0.29) is 0 Å². The van der Waals surface area contributed by atoms with Gasteiger partial charge in [-0.3, -0.25) is 0 Å². The lowest BCUT2D eigenvalue weighted by Crippen LogP contribution is -2.51. The molecule has 0 atom stereocenters. The molecule has 1 aromatic carbocycles. The van der Waals surface area contributed by atoms with E-state index < -0.39 is 0 Å². The fraction of sp³-hybridized carbons (Fsp3) is 0.273. The van der Waals surface area contributed by atoms with Crippen molar-refractivity contribution in [3.05, 3.63) is 40.7 Å². The van der Waals surface area contributed by atoms with Gasteiger partial charge in [0.2, 0.25) is 5.89 Å². The van der Waals surface area contributed by atoms with Gasteiger partial charge < -0.3 is 10.2 Å². The lowest BCUT2D eigenvalue weighted by atomic mass is 10.2. The molecule has 0 saturated heterocycles. The third-order valence-corrected chi connectivity index (χ3v) is 3.26. The first kappa shape index (κ1) is 12.4. The molecule has 1 aromatic heterocycles. The molecular weight excluding hydrogens is 258 g/mol. The zero-order chi connectivity index (χ0) is 12.1. The van der Waals surface area contributed by atoms with Gasteiger partial charge in [0, 0.05) is 10.8 Å². The van der Waals surface area contributed by atoms with E-state index in [1.54, 1.807) is 0 Å². The number of halogens is 1. The Kier molecular flexibility index (Phi) is 4.42. The molecule has 0 unspecified atom stereocenters. The van der Waals surface area contributed by atoms with Crippen LogP contribution in [0.25, 0.3) is 0 Å². The number of hydrogen-bond acceptors (Lipinski definition) is 4. The van der Waals surface area contributed by atoms with Gasteiger partial charge in [0.15, 0.2) is 0 Å². The largest absolute Gasteiger partial charge is 0.416 e. The quantitative estimate of drug-likeness (QED) is 0.842. The summed E-state index contributed by atoms with van der Waals surface area (Å²) < 4.78 is 5.44. The first-order chi connectivity index (χ1) is 8.28. The standard InChI is InChI=1S/C11H12ClN3OS/c12-9-3-1-8(2-4-9)7-17-11-15-14-10(16-11)5-6-13/h1-4H,5-7,13H2/p+1. The van der Waals surface area contributed by atoms with E-state index in [0.29, 0.717) is 11.1 Å². The first-order valence-corrected chi connectivity index (χ1v) is 6.63. The van der Waals surface area contributed by atoms with Crippen molar-refractivity contribution in [1.82, 2.24) is 10.2 Å². The second-order valence-corrected chi connectivity index (χ2v) is 4.84. The second kappa shape index (κ2) is 6.05. The Morgan fingerprint density at radius 3 is 2.71 bits per heavy atom. The van der Waals surface area contributed by atoms with Gasteiger partial charge in [0.05, 0.1) is 13.0 Å². The molecule has 0 amide bonds. The van der Waals surface area contributed by atoms with Crippen molar-refractivity contribution in [1.29, 1.82) is 0 Å². The summed E-state index contributed by atoms with van der Waals surface area (Å²) in [5.41, 5.74) is 4.92. The van der Waals surface area contributed by atoms with Crippen LogP contribution in [0.2, 0.25) is 5.02 Å². The first-order valence-electron chi connectivity index (χ1n) is 5.27. The van der Waals surface area contributed by atoms with E-state index in [9.17, 15) is 0 Å². The molecule has 0 aliphatic rings. The van der Waals surface area contributed by atoms with Gasteiger partial charge in [-0.2, -0.15) is 0 Å². The summed E-state index contributed by atoms with van der Waals surface area (Å²) in [6, 6.07) is 7.73. The molecule has 6 heteroatoms. The highest BCUT2D eigenvalue weighted by Gasteiger charge is 2.06. The van der Waals surface area contributed by atoms with Crippen LogP contribution in [0.15, 0.2) is 33.9 Å². The number of benzene rings is 1. The van der Waals surface area contributed by atoms with Crippen molar-refractivity contribution in [3.8, 4) is 0 Å². The average molecular weight is 271 g/mol. The summed E-state index contributed by atoms with van der Waals surface area (Å²) in [7, 11) is 0. The Balaban J connectivity index is 1.90. The normalized spacial score (nSPS) is 10.7. The van der Waals surface area contributed by atoms with Crippen LogP contribution < -0.4 is 5.73 Å². The summed E-state index contributed by atoms with van der Waals surface area (Å²) in [6.45, 7) is 0.767. The molecule has 0 radical (unpaired) electrons. The maximum absolute atomic E-state index is 5.81. The third-order valence-electron chi connectivity index (χ3n) is 2.11. The third kappa shape index (κ3) is 3.73. The predicted molar refractivity (Wildman–Crippen MR) is 66.8 cm³/mol. The molecule has 0 aliphatic carbocycles. The Labute approximate surface area is 109 Å². The Morgan fingerprint density at radius 1 is 1.24 bits per heavy atom. The summed E-state index contributed by atoms with van der Waals surface area (Å²) in [5.74, 6) is 1.45. The van der Waals surface area contributed by atoms with Crippen LogP contribution in [0.3, 0.4) is 0 Å². The van der Waals surface area contributed by atoms with Crippen LogP contribution in [0.1, 0.15) is 11.5 Å². The number of aromatic nitrogens is 2. The molecule has 2 aromatic rings. The lowest BCUT2D eigenvalue weighted by Gasteiger charge is -1.97. The molecule has 0 spiro atoms. The molecule has 17 heavy (non-hydrogen) atoms. The molecule has 4 nitrogen and oxygen atoms in total. The van der Waals surface area contributed by atoms with E-state index in [1.165, 1.54) is 17.3 Å². The SMILES string of the molecule is [NH3+]CCc1nnc(SCc2ccc(Cl)cc2)o1. The lowest BCUT2D eigenvalue weighted by molar-refractivity contribution is -0.367. The van der Waals surface area contributed by atoms with Crippen LogP contribution in [-0.2, 0) is 12.2 Å². The number of hydrogen-bond donors (Lipinski definition) is 1. The molecule has 0 aliphatic heterocycles. The minimum absolute atomic E-state index is 0.600. The molecule has 1 heterocycles. The highest BCUT2D eigenvalue weighted by atomic mass is 35.5. The van der Waals surface area contributed by atoms with Gasteiger partial charge in [0.1, 0.15) is 0 Å². The Bertz CT molecular complexity index is 472. The van der Waals surface area contributed by atoms with Gasteiger partial charge in [-0.25, -0.2) is 0 Å². The van der Waals surface area contributed by atoms with Gasteiger partial charge in [-0.15, -0.1) is 10.2 Å². The molecule has 0 fully saturated rings. The van der Waals surface area contributed by atoms with Gasteiger partial charge in [-0.1, -0.05) is 35.5 Å². The van der Waals surface area contributed by atoms with E-state index in [2.05, 4.69) is 15.9 Å². The number of rotatable bonds is 5. The van der Waals surface area contributed by atoms with Crippen LogP contribution in [0.4, 0.5) is 0 Å². The van der Waals surface area contributed by atoms with Crippen LogP contribution >= 0.6 is 23.4 Å². The second-order valence-electron chi connectivity index (χ2n) is 3.48. The highest BCUT2D eigenvalue weighted by molar-refractivity contribution is 7.98.